The average molecular weight is 409 g/mol. The van der Waals surface area contributed by atoms with Crippen molar-refractivity contribution < 1.29 is 17.9 Å². The predicted molar refractivity (Wildman–Crippen MR) is 111 cm³/mol. The van der Waals surface area contributed by atoms with Crippen LogP contribution in [0.3, 0.4) is 0 Å². The highest BCUT2D eigenvalue weighted by Crippen LogP contribution is 2.20. The molecule has 0 aliphatic heterocycles. The van der Waals surface area contributed by atoms with E-state index >= 15 is 0 Å². The number of ether oxygens (including phenoxy) is 1. The Labute approximate surface area is 168 Å². The van der Waals surface area contributed by atoms with E-state index in [2.05, 4.69) is 16.1 Å². The van der Waals surface area contributed by atoms with E-state index in [0.29, 0.717) is 24.8 Å². The molecule has 0 spiro atoms. The van der Waals surface area contributed by atoms with Crippen molar-refractivity contribution in [1.29, 1.82) is 0 Å². The van der Waals surface area contributed by atoms with Gasteiger partial charge in [0.1, 0.15) is 5.75 Å². The molecule has 7 heteroatoms. The van der Waals surface area contributed by atoms with Gasteiger partial charge in [-0.15, -0.1) is 0 Å². The monoisotopic (exact) mass is 408 g/mol. The Morgan fingerprint density at radius 3 is 2.46 bits per heavy atom. The third-order valence-electron chi connectivity index (χ3n) is 4.62. The first kappa shape index (κ1) is 22.4. The molecule has 1 amide bonds. The second-order valence-electron chi connectivity index (χ2n) is 7.63. The van der Waals surface area contributed by atoms with Crippen LogP contribution < -0.4 is 14.8 Å². The molecular formula is C21H32N2O4S. The third-order valence-corrected chi connectivity index (χ3v) is 6.10. The van der Waals surface area contributed by atoms with Crippen LogP contribution in [0.15, 0.2) is 40.8 Å². The summed E-state index contributed by atoms with van der Waals surface area (Å²) < 4.78 is 33.1. The fourth-order valence-corrected chi connectivity index (χ4v) is 4.00. The number of carbonyl (C=O) groups is 1. The molecule has 1 aromatic rings. The Morgan fingerprint density at radius 1 is 1.14 bits per heavy atom. The van der Waals surface area contributed by atoms with Gasteiger partial charge in [-0.05, 0) is 69.2 Å². The second-order valence-corrected chi connectivity index (χ2v) is 9.39. The van der Waals surface area contributed by atoms with Crippen molar-refractivity contribution in [3.8, 4) is 5.75 Å². The zero-order chi connectivity index (χ0) is 20.6. The minimum Gasteiger partial charge on any atom is -0.481 e. The maximum Gasteiger partial charge on any atom is 0.260 e. The number of hydrogen-bond donors (Lipinski definition) is 2. The van der Waals surface area contributed by atoms with Gasteiger partial charge in [-0.25, -0.2) is 13.1 Å². The molecule has 0 bridgehead atoms. The lowest BCUT2D eigenvalue weighted by atomic mass is 9.97. The van der Waals surface area contributed by atoms with E-state index in [4.69, 9.17) is 4.74 Å². The van der Waals surface area contributed by atoms with Gasteiger partial charge in [-0.3, -0.25) is 4.79 Å². The fourth-order valence-electron chi connectivity index (χ4n) is 2.96. The Morgan fingerprint density at radius 2 is 1.86 bits per heavy atom. The largest absolute Gasteiger partial charge is 0.481 e. The smallest absolute Gasteiger partial charge is 0.260 e. The minimum atomic E-state index is -3.55. The molecule has 1 aliphatic rings. The van der Waals surface area contributed by atoms with Crippen molar-refractivity contribution in [1.82, 2.24) is 10.0 Å². The molecule has 1 aliphatic carbocycles. The number of amides is 1. The standard InChI is InChI=1S/C21H32N2O4S/c1-16(2)15-22-21(24)17(3)27-19-9-11-20(12-10-19)28(25,26)23-14-13-18-7-5-4-6-8-18/h7,9-12,16-17,23H,4-6,8,13-15H2,1-3H3,(H,22,24)/t17-/m1/s1. The normalized spacial score (nSPS) is 15.8. The van der Waals surface area contributed by atoms with Crippen LogP contribution in [0.4, 0.5) is 0 Å². The highest BCUT2D eigenvalue weighted by Gasteiger charge is 2.17. The van der Waals surface area contributed by atoms with Crippen molar-refractivity contribution in [3.05, 3.63) is 35.9 Å². The number of hydrogen-bond acceptors (Lipinski definition) is 4. The van der Waals surface area contributed by atoms with Crippen molar-refractivity contribution in [2.24, 2.45) is 5.92 Å². The van der Waals surface area contributed by atoms with E-state index in [1.54, 1.807) is 19.1 Å². The zero-order valence-corrected chi connectivity index (χ0v) is 17.8. The van der Waals surface area contributed by atoms with Gasteiger partial charge in [0.15, 0.2) is 6.10 Å². The Hall–Kier alpha value is -1.86. The van der Waals surface area contributed by atoms with Gasteiger partial charge < -0.3 is 10.1 Å². The summed E-state index contributed by atoms with van der Waals surface area (Å²) in [6.45, 7) is 6.70. The van der Waals surface area contributed by atoms with Gasteiger partial charge in [0.2, 0.25) is 10.0 Å². The lowest BCUT2D eigenvalue weighted by Crippen LogP contribution is -2.38. The van der Waals surface area contributed by atoms with Crippen LogP contribution in [-0.2, 0) is 14.8 Å². The van der Waals surface area contributed by atoms with Crippen LogP contribution >= 0.6 is 0 Å². The Bertz CT molecular complexity index is 770. The van der Waals surface area contributed by atoms with Crippen molar-refractivity contribution in [2.45, 2.75) is 63.9 Å². The molecule has 2 rings (SSSR count). The summed E-state index contributed by atoms with van der Waals surface area (Å²) in [5.41, 5.74) is 1.34. The van der Waals surface area contributed by atoms with Gasteiger partial charge in [0.05, 0.1) is 4.90 Å². The molecule has 1 atom stereocenters. The van der Waals surface area contributed by atoms with E-state index < -0.39 is 16.1 Å². The molecule has 2 N–H and O–H groups in total. The van der Waals surface area contributed by atoms with Gasteiger partial charge in [0, 0.05) is 13.1 Å². The maximum atomic E-state index is 12.4. The number of benzene rings is 1. The third kappa shape index (κ3) is 7.28. The molecule has 6 nitrogen and oxygen atoms in total. The molecule has 0 radical (unpaired) electrons. The van der Waals surface area contributed by atoms with Crippen LogP contribution in [0.5, 0.6) is 5.75 Å². The fraction of sp³-hybridized carbons (Fsp3) is 0.571. The molecule has 0 unspecified atom stereocenters. The summed E-state index contributed by atoms with van der Waals surface area (Å²) in [6.07, 6.45) is 6.90. The number of rotatable bonds is 10. The van der Waals surface area contributed by atoms with E-state index in [9.17, 15) is 13.2 Å². The molecule has 0 heterocycles. The van der Waals surface area contributed by atoms with Crippen LogP contribution in [0, 0.1) is 5.92 Å². The second kappa shape index (κ2) is 10.6. The van der Waals surface area contributed by atoms with E-state index in [1.807, 2.05) is 13.8 Å². The Kier molecular flexibility index (Phi) is 8.51. The maximum absolute atomic E-state index is 12.4. The lowest BCUT2D eigenvalue weighted by molar-refractivity contribution is -0.127. The molecule has 28 heavy (non-hydrogen) atoms. The molecule has 0 fully saturated rings. The predicted octanol–water partition coefficient (Wildman–Crippen LogP) is 3.39. The molecule has 156 valence electrons. The van der Waals surface area contributed by atoms with E-state index in [-0.39, 0.29) is 10.8 Å². The summed E-state index contributed by atoms with van der Waals surface area (Å²) in [4.78, 5) is 12.2. The van der Waals surface area contributed by atoms with E-state index in [1.165, 1.54) is 30.5 Å². The number of carbonyl (C=O) groups excluding carboxylic acids is 1. The highest BCUT2D eigenvalue weighted by molar-refractivity contribution is 7.89. The van der Waals surface area contributed by atoms with Crippen LogP contribution in [-0.4, -0.2) is 33.5 Å². The molecule has 0 aromatic heterocycles. The summed E-state index contributed by atoms with van der Waals surface area (Å²) in [5.74, 6) is 0.630. The number of allylic oxidation sites excluding steroid dienone is 1. The summed E-state index contributed by atoms with van der Waals surface area (Å²) in [6, 6.07) is 6.14. The summed E-state index contributed by atoms with van der Waals surface area (Å²) in [7, 11) is -3.55. The van der Waals surface area contributed by atoms with Crippen LogP contribution in [0.2, 0.25) is 0 Å². The first-order valence-corrected chi connectivity index (χ1v) is 11.5. The summed E-state index contributed by atoms with van der Waals surface area (Å²) >= 11 is 0. The van der Waals surface area contributed by atoms with Crippen molar-refractivity contribution in [2.75, 3.05) is 13.1 Å². The first-order chi connectivity index (χ1) is 13.3. The summed E-state index contributed by atoms with van der Waals surface area (Å²) in [5, 5.41) is 2.81. The molecule has 1 aromatic carbocycles. The molecule has 0 saturated carbocycles. The van der Waals surface area contributed by atoms with Crippen LogP contribution in [0.25, 0.3) is 0 Å². The number of nitrogens with one attached hydrogen (secondary N) is 2. The lowest BCUT2D eigenvalue weighted by Gasteiger charge is -2.16. The molecular weight excluding hydrogens is 376 g/mol. The first-order valence-electron chi connectivity index (χ1n) is 10.00. The molecule has 0 saturated heterocycles. The highest BCUT2D eigenvalue weighted by atomic mass is 32.2. The van der Waals surface area contributed by atoms with Gasteiger partial charge in [0.25, 0.3) is 5.91 Å². The van der Waals surface area contributed by atoms with Gasteiger partial charge in [-0.2, -0.15) is 0 Å². The van der Waals surface area contributed by atoms with Gasteiger partial charge >= 0.3 is 0 Å². The van der Waals surface area contributed by atoms with Gasteiger partial charge in [-0.1, -0.05) is 25.5 Å². The minimum absolute atomic E-state index is 0.189. The average Bonchev–Trinajstić information content (AvgIpc) is 2.67. The van der Waals surface area contributed by atoms with E-state index in [0.717, 1.165) is 19.3 Å². The van der Waals surface area contributed by atoms with Crippen molar-refractivity contribution >= 4 is 15.9 Å². The quantitative estimate of drug-likeness (QED) is 0.581. The zero-order valence-electron chi connectivity index (χ0n) is 17.0. The Balaban J connectivity index is 1.86. The SMILES string of the molecule is CC(C)CNC(=O)[C@@H](C)Oc1ccc(S(=O)(=O)NCCC2=CCCCC2)cc1. The van der Waals surface area contributed by atoms with Crippen molar-refractivity contribution in [3.63, 3.8) is 0 Å². The van der Waals surface area contributed by atoms with Crippen LogP contribution in [0.1, 0.15) is 52.9 Å². The number of sulfonamides is 1. The topological polar surface area (TPSA) is 84.5 Å².